The van der Waals surface area contributed by atoms with Gasteiger partial charge in [-0.25, -0.2) is 4.79 Å². The van der Waals surface area contributed by atoms with Crippen molar-refractivity contribution in [2.75, 3.05) is 32.8 Å². The zero-order valence-corrected chi connectivity index (χ0v) is 10.8. The summed E-state index contributed by atoms with van der Waals surface area (Å²) in [5.74, 6) is 0. The summed E-state index contributed by atoms with van der Waals surface area (Å²) in [6.45, 7) is 7.22. The molecule has 1 heterocycles. The van der Waals surface area contributed by atoms with E-state index in [2.05, 4.69) is 5.32 Å². The van der Waals surface area contributed by atoms with Gasteiger partial charge in [0.25, 0.3) is 0 Å². The number of aliphatic hydroxyl groups excluding tert-OH is 1. The molecule has 1 unspecified atom stereocenters. The summed E-state index contributed by atoms with van der Waals surface area (Å²) in [7, 11) is 0. The van der Waals surface area contributed by atoms with Gasteiger partial charge in [-0.3, -0.25) is 0 Å². The lowest BCUT2D eigenvalue weighted by Gasteiger charge is -2.42. The van der Waals surface area contributed by atoms with Crippen LogP contribution in [0.2, 0.25) is 0 Å². The summed E-state index contributed by atoms with van der Waals surface area (Å²) in [5.41, 5.74) is 4.53. The Balaban J connectivity index is 2.63. The molecule has 0 radical (unpaired) electrons. The third-order valence-corrected chi connectivity index (χ3v) is 2.72. The number of amides is 1. The smallest absolute Gasteiger partial charge is 0.410 e. The number of nitrogens with two attached hydrogens (primary N) is 1. The molecule has 1 rings (SSSR count). The van der Waals surface area contributed by atoms with Crippen LogP contribution in [0.25, 0.3) is 0 Å². The molecule has 1 aliphatic heterocycles. The standard InChI is InChI=1S/C11H23N3O3/c1-10(2,3)17-9(16)14-5-4-13-11(6-12,7-14)8-15/h13,15H,4-8,12H2,1-3H3. The minimum absolute atomic E-state index is 0.0944. The van der Waals surface area contributed by atoms with Crippen molar-refractivity contribution in [2.45, 2.75) is 31.9 Å². The number of nitrogens with one attached hydrogen (secondary N) is 1. The van der Waals surface area contributed by atoms with Crippen LogP contribution in [-0.4, -0.2) is 60.0 Å². The Morgan fingerprint density at radius 3 is 2.71 bits per heavy atom. The second kappa shape index (κ2) is 5.20. The van der Waals surface area contributed by atoms with E-state index in [9.17, 15) is 9.90 Å². The number of hydrogen-bond acceptors (Lipinski definition) is 5. The van der Waals surface area contributed by atoms with Crippen LogP contribution in [0.1, 0.15) is 20.8 Å². The molecule has 0 aromatic rings. The fourth-order valence-electron chi connectivity index (χ4n) is 1.75. The normalized spacial score (nSPS) is 25.8. The van der Waals surface area contributed by atoms with Gasteiger partial charge in [0.15, 0.2) is 0 Å². The van der Waals surface area contributed by atoms with Gasteiger partial charge in [-0.1, -0.05) is 0 Å². The van der Waals surface area contributed by atoms with Crippen molar-refractivity contribution in [1.82, 2.24) is 10.2 Å². The molecule has 100 valence electrons. The van der Waals surface area contributed by atoms with Crippen molar-refractivity contribution in [1.29, 1.82) is 0 Å². The number of ether oxygens (including phenoxy) is 1. The van der Waals surface area contributed by atoms with Crippen LogP contribution in [0.5, 0.6) is 0 Å². The van der Waals surface area contributed by atoms with E-state index in [-0.39, 0.29) is 19.2 Å². The highest BCUT2D eigenvalue weighted by Gasteiger charge is 2.36. The maximum absolute atomic E-state index is 11.9. The molecule has 0 spiro atoms. The molecule has 17 heavy (non-hydrogen) atoms. The Hall–Kier alpha value is -0.850. The second-order valence-corrected chi connectivity index (χ2v) is 5.47. The topological polar surface area (TPSA) is 87.8 Å². The van der Waals surface area contributed by atoms with Crippen molar-refractivity contribution in [3.05, 3.63) is 0 Å². The van der Waals surface area contributed by atoms with Crippen LogP contribution in [0, 0.1) is 0 Å². The highest BCUT2D eigenvalue weighted by molar-refractivity contribution is 5.68. The predicted molar refractivity (Wildman–Crippen MR) is 64.7 cm³/mol. The zero-order valence-electron chi connectivity index (χ0n) is 10.8. The van der Waals surface area contributed by atoms with Gasteiger partial charge < -0.3 is 25.8 Å². The summed E-state index contributed by atoms with van der Waals surface area (Å²) in [6, 6.07) is 0. The molecule has 0 saturated carbocycles. The van der Waals surface area contributed by atoms with Crippen LogP contribution in [-0.2, 0) is 4.74 Å². The zero-order chi connectivity index (χ0) is 13.1. The van der Waals surface area contributed by atoms with Gasteiger partial charge in [0.1, 0.15) is 5.60 Å². The van der Waals surface area contributed by atoms with Crippen LogP contribution in [0.3, 0.4) is 0 Å². The van der Waals surface area contributed by atoms with Crippen LogP contribution < -0.4 is 11.1 Å². The molecule has 0 aromatic heterocycles. The molecule has 0 bridgehead atoms. The molecule has 0 aliphatic carbocycles. The van der Waals surface area contributed by atoms with Crippen LogP contribution in [0.4, 0.5) is 4.79 Å². The maximum Gasteiger partial charge on any atom is 0.410 e. The second-order valence-electron chi connectivity index (χ2n) is 5.47. The van der Waals surface area contributed by atoms with Gasteiger partial charge in [0.05, 0.1) is 12.1 Å². The van der Waals surface area contributed by atoms with E-state index in [0.29, 0.717) is 19.6 Å². The number of rotatable bonds is 2. The molecule has 1 aliphatic rings. The molecule has 1 saturated heterocycles. The molecular weight excluding hydrogens is 222 g/mol. The first-order valence-electron chi connectivity index (χ1n) is 5.86. The average Bonchev–Trinajstić information content (AvgIpc) is 2.27. The van der Waals surface area contributed by atoms with Gasteiger partial charge >= 0.3 is 6.09 Å². The lowest BCUT2D eigenvalue weighted by molar-refractivity contribution is 0.00693. The van der Waals surface area contributed by atoms with Crippen molar-refractivity contribution in [3.8, 4) is 0 Å². The number of piperazine rings is 1. The van der Waals surface area contributed by atoms with Gasteiger partial charge in [-0.05, 0) is 20.8 Å². The Bertz CT molecular complexity index is 272. The lowest BCUT2D eigenvalue weighted by Crippen LogP contribution is -2.67. The molecule has 0 aromatic carbocycles. The molecule has 6 heteroatoms. The van der Waals surface area contributed by atoms with Crippen molar-refractivity contribution in [2.24, 2.45) is 5.73 Å². The van der Waals surface area contributed by atoms with E-state index in [1.807, 2.05) is 20.8 Å². The number of nitrogens with zero attached hydrogens (tertiary/aromatic N) is 1. The summed E-state index contributed by atoms with van der Waals surface area (Å²) in [4.78, 5) is 13.5. The minimum atomic E-state index is -0.602. The quantitative estimate of drug-likeness (QED) is 0.611. The van der Waals surface area contributed by atoms with E-state index in [4.69, 9.17) is 10.5 Å². The van der Waals surface area contributed by atoms with Gasteiger partial charge in [0.2, 0.25) is 0 Å². The Labute approximate surface area is 102 Å². The summed E-state index contributed by atoms with van der Waals surface area (Å²) in [5, 5.41) is 12.5. The highest BCUT2D eigenvalue weighted by Crippen LogP contribution is 2.15. The first kappa shape index (κ1) is 14.2. The lowest BCUT2D eigenvalue weighted by atomic mass is 9.98. The first-order chi connectivity index (χ1) is 7.82. The third-order valence-electron chi connectivity index (χ3n) is 2.72. The van der Waals surface area contributed by atoms with E-state index in [0.717, 1.165) is 0 Å². The van der Waals surface area contributed by atoms with E-state index in [1.165, 1.54) is 0 Å². The first-order valence-corrected chi connectivity index (χ1v) is 5.86. The monoisotopic (exact) mass is 245 g/mol. The number of carbonyl (C=O) groups excluding carboxylic acids is 1. The Morgan fingerprint density at radius 1 is 1.59 bits per heavy atom. The van der Waals surface area contributed by atoms with E-state index >= 15 is 0 Å². The summed E-state index contributed by atoms with van der Waals surface area (Å²) in [6.07, 6.45) is -0.356. The SMILES string of the molecule is CC(C)(C)OC(=O)N1CCNC(CN)(CO)C1. The predicted octanol–water partition coefficient (Wildman–Crippen LogP) is -0.483. The molecular formula is C11H23N3O3. The Kier molecular flexibility index (Phi) is 4.35. The average molecular weight is 245 g/mol. The minimum Gasteiger partial charge on any atom is -0.444 e. The molecule has 6 nitrogen and oxygen atoms in total. The third kappa shape index (κ3) is 3.83. The molecule has 1 amide bonds. The van der Waals surface area contributed by atoms with Crippen molar-refractivity contribution < 1.29 is 14.6 Å². The van der Waals surface area contributed by atoms with E-state index < -0.39 is 11.1 Å². The van der Waals surface area contributed by atoms with Crippen LogP contribution >= 0.6 is 0 Å². The fraction of sp³-hybridized carbons (Fsp3) is 0.909. The molecule has 4 N–H and O–H groups in total. The van der Waals surface area contributed by atoms with Gasteiger partial charge in [-0.15, -0.1) is 0 Å². The van der Waals surface area contributed by atoms with Crippen molar-refractivity contribution >= 4 is 6.09 Å². The summed E-state index contributed by atoms with van der Waals surface area (Å²) < 4.78 is 5.30. The largest absolute Gasteiger partial charge is 0.444 e. The van der Waals surface area contributed by atoms with Gasteiger partial charge in [0, 0.05) is 26.2 Å². The van der Waals surface area contributed by atoms with Crippen LogP contribution in [0.15, 0.2) is 0 Å². The highest BCUT2D eigenvalue weighted by atomic mass is 16.6. The Morgan fingerprint density at radius 2 is 2.24 bits per heavy atom. The number of carbonyl (C=O) groups is 1. The van der Waals surface area contributed by atoms with Crippen molar-refractivity contribution in [3.63, 3.8) is 0 Å². The summed E-state index contributed by atoms with van der Waals surface area (Å²) >= 11 is 0. The van der Waals surface area contributed by atoms with Gasteiger partial charge in [-0.2, -0.15) is 0 Å². The maximum atomic E-state index is 11.9. The fourth-order valence-corrected chi connectivity index (χ4v) is 1.75. The number of aliphatic hydroxyl groups is 1. The molecule has 1 atom stereocenters. The molecule has 1 fully saturated rings. The van der Waals surface area contributed by atoms with E-state index in [1.54, 1.807) is 4.90 Å². The number of hydrogen-bond donors (Lipinski definition) is 3.